The number of hydrogen-bond acceptors (Lipinski definition) is 2. The van der Waals surface area contributed by atoms with E-state index in [9.17, 15) is 9.18 Å². The Labute approximate surface area is 107 Å². The largest absolute Gasteiger partial charge is 0.396 e. The minimum atomic E-state index is -0.480. The molecule has 0 saturated carbocycles. The first kappa shape index (κ1) is 12.9. The van der Waals surface area contributed by atoms with E-state index in [4.69, 9.17) is 5.73 Å². The van der Waals surface area contributed by atoms with Gasteiger partial charge in [-0.25, -0.2) is 4.39 Å². The predicted molar refractivity (Wildman–Crippen MR) is 69.8 cm³/mol. The van der Waals surface area contributed by atoms with Crippen LogP contribution in [0, 0.1) is 5.82 Å². The molecule has 18 heavy (non-hydrogen) atoms. The van der Waals surface area contributed by atoms with Crippen LogP contribution in [-0.2, 0) is 0 Å². The van der Waals surface area contributed by atoms with E-state index in [-0.39, 0.29) is 23.7 Å². The van der Waals surface area contributed by atoms with Crippen molar-refractivity contribution < 1.29 is 9.18 Å². The van der Waals surface area contributed by atoms with Crippen LogP contribution in [0.4, 0.5) is 10.1 Å². The Morgan fingerprint density at radius 3 is 2.50 bits per heavy atom. The van der Waals surface area contributed by atoms with Crippen LogP contribution in [-0.4, -0.2) is 22.9 Å². The third kappa shape index (κ3) is 2.33. The van der Waals surface area contributed by atoms with Crippen LogP contribution in [0.2, 0.25) is 0 Å². The second-order valence-electron chi connectivity index (χ2n) is 5.08. The zero-order chi connectivity index (χ0) is 13.3. The molecule has 1 aliphatic rings. The first-order chi connectivity index (χ1) is 8.50. The van der Waals surface area contributed by atoms with Gasteiger partial charge in [-0.05, 0) is 51.3 Å². The molecule has 4 heteroatoms. The Balaban J connectivity index is 2.26. The standard InChI is InChI=1S/C14H19FN2O/c1-9-4-3-5-10(2)17(9)14(18)11-6-7-12(15)13(16)8-11/h6-10H,3-5,16H2,1-2H3. The van der Waals surface area contributed by atoms with Crippen molar-refractivity contribution in [1.82, 2.24) is 4.90 Å². The van der Waals surface area contributed by atoms with E-state index in [0.717, 1.165) is 19.3 Å². The molecule has 1 aromatic rings. The summed E-state index contributed by atoms with van der Waals surface area (Å²) >= 11 is 0. The Hall–Kier alpha value is -1.58. The summed E-state index contributed by atoms with van der Waals surface area (Å²) in [7, 11) is 0. The Morgan fingerprint density at radius 1 is 1.33 bits per heavy atom. The number of halogens is 1. The summed E-state index contributed by atoms with van der Waals surface area (Å²) < 4.78 is 13.1. The SMILES string of the molecule is CC1CCCC(C)N1C(=O)c1ccc(F)c(N)c1. The molecule has 0 bridgehead atoms. The van der Waals surface area contributed by atoms with Gasteiger partial charge in [-0.3, -0.25) is 4.79 Å². The molecule has 0 aromatic heterocycles. The van der Waals surface area contributed by atoms with Crippen molar-refractivity contribution in [3.05, 3.63) is 29.6 Å². The number of carbonyl (C=O) groups excluding carboxylic acids is 1. The minimum Gasteiger partial charge on any atom is -0.396 e. The summed E-state index contributed by atoms with van der Waals surface area (Å²) in [6, 6.07) is 4.63. The third-order valence-corrected chi connectivity index (χ3v) is 3.67. The van der Waals surface area contributed by atoms with Crippen LogP contribution in [0.15, 0.2) is 18.2 Å². The lowest BCUT2D eigenvalue weighted by Gasteiger charge is -2.39. The summed E-state index contributed by atoms with van der Waals surface area (Å²) in [5.41, 5.74) is 6.00. The molecule has 0 aliphatic carbocycles. The zero-order valence-electron chi connectivity index (χ0n) is 10.8. The lowest BCUT2D eigenvalue weighted by atomic mass is 9.96. The summed E-state index contributed by atoms with van der Waals surface area (Å²) in [6.45, 7) is 4.11. The van der Waals surface area contributed by atoms with E-state index in [1.807, 2.05) is 4.90 Å². The average molecular weight is 250 g/mol. The van der Waals surface area contributed by atoms with Crippen molar-refractivity contribution in [3.8, 4) is 0 Å². The van der Waals surface area contributed by atoms with E-state index in [1.54, 1.807) is 0 Å². The van der Waals surface area contributed by atoms with Crippen LogP contribution in [0.5, 0.6) is 0 Å². The number of amides is 1. The highest BCUT2D eigenvalue weighted by Crippen LogP contribution is 2.25. The van der Waals surface area contributed by atoms with Crippen LogP contribution in [0.1, 0.15) is 43.5 Å². The minimum absolute atomic E-state index is 0.0261. The smallest absolute Gasteiger partial charge is 0.254 e. The topological polar surface area (TPSA) is 46.3 Å². The molecule has 1 aromatic carbocycles. The second-order valence-corrected chi connectivity index (χ2v) is 5.08. The van der Waals surface area contributed by atoms with Crippen LogP contribution < -0.4 is 5.73 Å². The van der Waals surface area contributed by atoms with E-state index in [1.165, 1.54) is 18.2 Å². The molecule has 98 valence electrons. The summed E-state index contributed by atoms with van der Waals surface area (Å²) in [5, 5.41) is 0. The lowest BCUT2D eigenvalue weighted by molar-refractivity contribution is 0.0511. The van der Waals surface area contributed by atoms with Crippen LogP contribution >= 0.6 is 0 Å². The highest BCUT2D eigenvalue weighted by Gasteiger charge is 2.29. The van der Waals surface area contributed by atoms with Gasteiger partial charge in [0, 0.05) is 17.6 Å². The fraction of sp³-hybridized carbons (Fsp3) is 0.500. The molecule has 1 saturated heterocycles. The second kappa shape index (κ2) is 4.96. The van der Waals surface area contributed by atoms with Crippen molar-refractivity contribution in [3.63, 3.8) is 0 Å². The Bertz CT molecular complexity index is 451. The number of benzene rings is 1. The van der Waals surface area contributed by atoms with Gasteiger partial charge in [0.1, 0.15) is 5.82 Å². The molecular weight excluding hydrogens is 231 g/mol. The van der Waals surface area contributed by atoms with Crippen molar-refractivity contribution in [2.45, 2.75) is 45.2 Å². The van der Waals surface area contributed by atoms with E-state index < -0.39 is 5.82 Å². The van der Waals surface area contributed by atoms with Crippen LogP contribution in [0.25, 0.3) is 0 Å². The normalized spacial score (nSPS) is 24.1. The molecule has 0 spiro atoms. The lowest BCUT2D eigenvalue weighted by Crippen LogP contribution is -2.47. The molecule has 2 N–H and O–H groups in total. The van der Waals surface area contributed by atoms with Gasteiger partial charge in [0.15, 0.2) is 0 Å². The van der Waals surface area contributed by atoms with Crippen molar-refractivity contribution in [1.29, 1.82) is 0 Å². The van der Waals surface area contributed by atoms with E-state index in [0.29, 0.717) is 5.56 Å². The maximum Gasteiger partial charge on any atom is 0.254 e. The van der Waals surface area contributed by atoms with Gasteiger partial charge in [-0.15, -0.1) is 0 Å². The predicted octanol–water partition coefficient (Wildman–Crippen LogP) is 2.81. The number of likely N-dealkylation sites (tertiary alicyclic amines) is 1. The molecule has 2 rings (SSSR count). The maximum atomic E-state index is 13.1. The zero-order valence-corrected chi connectivity index (χ0v) is 10.8. The van der Waals surface area contributed by atoms with Crippen molar-refractivity contribution in [2.24, 2.45) is 0 Å². The molecule has 0 radical (unpaired) electrons. The number of piperidine rings is 1. The van der Waals surface area contributed by atoms with E-state index in [2.05, 4.69) is 13.8 Å². The molecule has 1 amide bonds. The van der Waals surface area contributed by atoms with E-state index >= 15 is 0 Å². The first-order valence-electron chi connectivity index (χ1n) is 6.38. The van der Waals surface area contributed by atoms with Crippen LogP contribution in [0.3, 0.4) is 0 Å². The number of anilines is 1. The number of nitrogens with two attached hydrogens (primary N) is 1. The summed E-state index contributed by atoms with van der Waals surface area (Å²) in [6.07, 6.45) is 3.19. The maximum absolute atomic E-state index is 13.1. The number of nitrogen functional groups attached to an aromatic ring is 1. The monoisotopic (exact) mass is 250 g/mol. The van der Waals surface area contributed by atoms with Gasteiger partial charge >= 0.3 is 0 Å². The van der Waals surface area contributed by atoms with Crippen molar-refractivity contribution >= 4 is 11.6 Å². The van der Waals surface area contributed by atoms with Gasteiger partial charge in [0.2, 0.25) is 0 Å². The summed E-state index contributed by atoms with van der Waals surface area (Å²) in [5.74, 6) is -0.535. The third-order valence-electron chi connectivity index (χ3n) is 3.67. The fourth-order valence-corrected chi connectivity index (χ4v) is 2.65. The summed E-state index contributed by atoms with van der Waals surface area (Å²) in [4.78, 5) is 14.3. The highest BCUT2D eigenvalue weighted by atomic mass is 19.1. The van der Waals surface area contributed by atoms with Gasteiger partial charge in [-0.2, -0.15) is 0 Å². The number of carbonyl (C=O) groups is 1. The quantitative estimate of drug-likeness (QED) is 0.779. The van der Waals surface area contributed by atoms with Gasteiger partial charge in [0.05, 0.1) is 5.69 Å². The highest BCUT2D eigenvalue weighted by molar-refractivity contribution is 5.95. The molecule has 3 nitrogen and oxygen atoms in total. The molecule has 2 atom stereocenters. The fourth-order valence-electron chi connectivity index (χ4n) is 2.65. The van der Waals surface area contributed by atoms with Gasteiger partial charge in [0.25, 0.3) is 5.91 Å². The van der Waals surface area contributed by atoms with Gasteiger partial charge in [-0.1, -0.05) is 0 Å². The average Bonchev–Trinajstić information content (AvgIpc) is 2.32. The molecule has 1 heterocycles. The van der Waals surface area contributed by atoms with Crippen molar-refractivity contribution in [2.75, 3.05) is 5.73 Å². The molecule has 2 unspecified atom stereocenters. The first-order valence-corrected chi connectivity index (χ1v) is 6.38. The number of rotatable bonds is 1. The number of hydrogen-bond donors (Lipinski definition) is 1. The molecular formula is C14H19FN2O. The number of nitrogens with zero attached hydrogens (tertiary/aromatic N) is 1. The molecule has 1 aliphatic heterocycles. The Kier molecular flexibility index (Phi) is 3.55. The Morgan fingerprint density at radius 2 is 1.94 bits per heavy atom. The van der Waals surface area contributed by atoms with Gasteiger partial charge < -0.3 is 10.6 Å². The molecule has 1 fully saturated rings.